The molecule has 2 N–H and O–H groups in total. The van der Waals surface area contributed by atoms with Gasteiger partial charge in [-0.3, -0.25) is 4.79 Å². The van der Waals surface area contributed by atoms with Gasteiger partial charge in [0.15, 0.2) is 17.2 Å². The molecule has 7 heteroatoms. The molecule has 1 amide bonds. The van der Waals surface area contributed by atoms with Crippen LogP contribution in [0.2, 0.25) is 0 Å². The minimum Gasteiger partial charge on any atom is -0.493 e. The van der Waals surface area contributed by atoms with Gasteiger partial charge in [-0.2, -0.15) is 0 Å². The summed E-state index contributed by atoms with van der Waals surface area (Å²) in [6.07, 6.45) is 4.57. The normalized spacial score (nSPS) is 10.7. The van der Waals surface area contributed by atoms with Gasteiger partial charge in [-0.15, -0.1) is 0 Å². The summed E-state index contributed by atoms with van der Waals surface area (Å²) in [6, 6.07) is 12.0. The molecule has 4 aromatic rings. The number of benzene rings is 2. The first-order valence-electron chi connectivity index (χ1n) is 8.81. The number of nitrogens with zero attached hydrogens (tertiary/aromatic N) is 2. The number of anilines is 1. The number of H-pyrrole nitrogens is 1. The number of para-hydroxylation sites is 1. The van der Waals surface area contributed by atoms with Crippen molar-refractivity contribution in [2.24, 2.45) is 0 Å². The van der Waals surface area contributed by atoms with Gasteiger partial charge in [-0.1, -0.05) is 30.8 Å². The molecule has 4 rings (SSSR count). The van der Waals surface area contributed by atoms with Crippen LogP contribution in [-0.2, 0) is 4.79 Å². The van der Waals surface area contributed by atoms with Crippen LogP contribution in [-0.4, -0.2) is 28.0 Å². The largest absolute Gasteiger partial charge is 0.493 e. The topological polar surface area (TPSA) is 79.9 Å². The summed E-state index contributed by atoms with van der Waals surface area (Å²) in [5.74, 6) is -0.598. The van der Waals surface area contributed by atoms with Crippen molar-refractivity contribution in [1.82, 2.24) is 15.0 Å². The predicted octanol–water partition coefficient (Wildman–Crippen LogP) is 4.56. The summed E-state index contributed by atoms with van der Waals surface area (Å²) < 4.78 is 19.4. The van der Waals surface area contributed by atoms with Crippen LogP contribution in [0.4, 0.5) is 10.1 Å². The third kappa shape index (κ3) is 3.45. The Morgan fingerprint density at radius 2 is 2.07 bits per heavy atom. The Hall–Kier alpha value is -4.00. The highest BCUT2D eigenvalue weighted by atomic mass is 19.1. The van der Waals surface area contributed by atoms with E-state index in [2.05, 4.69) is 21.9 Å². The number of hydrogen-bond acceptors (Lipinski definition) is 4. The average molecular weight is 388 g/mol. The van der Waals surface area contributed by atoms with Gasteiger partial charge in [0.1, 0.15) is 5.52 Å². The quantitative estimate of drug-likeness (QED) is 0.491. The van der Waals surface area contributed by atoms with Crippen molar-refractivity contribution in [1.29, 1.82) is 0 Å². The monoisotopic (exact) mass is 388 g/mol. The van der Waals surface area contributed by atoms with E-state index in [1.54, 1.807) is 36.7 Å². The molecular formula is C22H17FN4O2. The van der Waals surface area contributed by atoms with E-state index >= 15 is 0 Å². The highest BCUT2D eigenvalue weighted by molar-refractivity contribution is 5.99. The van der Waals surface area contributed by atoms with Gasteiger partial charge < -0.3 is 15.0 Å². The van der Waals surface area contributed by atoms with Crippen LogP contribution in [0.1, 0.15) is 0 Å². The van der Waals surface area contributed by atoms with Crippen LogP contribution in [0.15, 0.2) is 67.5 Å². The van der Waals surface area contributed by atoms with E-state index in [0.717, 1.165) is 5.56 Å². The van der Waals surface area contributed by atoms with Crippen LogP contribution in [0.3, 0.4) is 0 Å². The number of aromatic nitrogens is 3. The Morgan fingerprint density at radius 1 is 1.24 bits per heavy atom. The lowest BCUT2D eigenvalue weighted by molar-refractivity contribution is -0.111. The van der Waals surface area contributed by atoms with Gasteiger partial charge >= 0.3 is 0 Å². The van der Waals surface area contributed by atoms with Gasteiger partial charge in [0.25, 0.3) is 0 Å². The summed E-state index contributed by atoms with van der Waals surface area (Å²) >= 11 is 0. The number of rotatable bonds is 5. The Kier molecular flexibility index (Phi) is 4.78. The lowest BCUT2D eigenvalue weighted by atomic mass is 10.1. The molecule has 0 aliphatic carbocycles. The summed E-state index contributed by atoms with van der Waals surface area (Å²) in [6.45, 7) is 3.45. The van der Waals surface area contributed by atoms with Gasteiger partial charge in [0.2, 0.25) is 5.91 Å². The zero-order valence-corrected chi connectivity index (χ0v) is 15.6. The Balaban J connectivity index is 1.81. The number of aromatic amines is 1. The van der Waals surface area contributed by atoms with Crippen LogP contribution >= 0.6 is 0 Å². The van der Waals surface area contributed by atoms with E-state index in [1.807, 2.05) is 12.1 Å². The predicted molar refractivity (Wildman–Crippen MR) is 110 cm³/mol. The van der Waals surface area contributed by atoms with Crippen LogP contribution in [0, 0.1) is 5.82 Å². The van der Waals surface area contributed by atoms with E-state index < -0.39 is 5.82 Å². The second-order valence-corrected chi connectivity index (χ2v) is 6.25. The number of nitrogens with one attached hydrogen (secondary N) is 2. The zero-order chi connectivity index (χ0) is 20.4. The van der Waals surface area contributed by atoms with Crippen molar-refractivity contribution in [3.05, 3.63) is 73.3 Å². The van der Waals surface area contributed by atoms with Gasteiger partial charge in [0, 0.05) is 28.6 Å². The molecule has 0 aliphatic rings. The van der Waals surface area contributed by atoms with Gasteiger partial charge in [-0.05, 0) is 24.3 Å². The molecule has 0 saturated heterocycles. The average Bonchev–Trinajstić information content (AvgIpc) is 3.16. The van der Waals surface area contributed by atoms with Crippen LogP contribution < -0.4 is 10.1 Å². The van der Waals surface area contributed by atoms with E-state index in [-0.39, 0.29) is 11.7 Å². The first-order valence-corrected chi connectivity index (χ1v) is 8.81. The number of carbonyl (C=O) groups excluding carboxylic acids is 1. The Bertz CT molecular complexity index is 1230. The number of amides is 1. The maximum atomic E-state index is 14.2. The van der Waals surface area contributed by atoms with Crippen molar-refractivity contribution in [3.8, 4) is 28.1 Å². The molecule has 0 spiro atoms. The standard InChI is InChI=1S/C22H17FN4O2/c1-3-19(28)26-14-7-4-6-13(10-14)18-12-25-22-20(27-18)16(11-24-22)15-8-5-9-17(23)21(15)29-2/h3-12H,1H2,2H3,(H,24,25)(H,26,28). The molecular weight excluding hydrogens is 371 g/mol. The molecule has 2 aromatic heterocycles. The molecule has 29 heavy (non-hydrogen) atoms. The molecule has 0 saturated carbocycles. The van der Waals surface area contributed by atoms with Gasteiger partial charge in [-0.25, -0.2) is 14.4 Å². The molecule has 0 atom stereocenters. The van der Waals surface area contributed by atoms with Gasteiger partial charge in [0.05, 0.1) is 19.0 Å². The van der Waals surface area contributed by atoms with Crippen molar-refractivity contribution in [2.75, 3.05) is 12.4 Å². The Morgan fingerprint density at radius 3 is 2.86 bits per heavy atom. The summed E-state index contributed by atoms with van der Waals surface area (Å²) in [5, 5.41) is 2.72. The fraction of sp³-hybridized carbons (Fsp3) is 0.0455. The minimum atomic E-state index is -0.450. The molecule has 2 aromatic carbocycles. The van der Waals surface area contributed by atoms with Crippen molar-refractivity contribution < 1.29 is 13.9 Å². The van der Waals surface area contributed by atoms with Crippen LogP contribution in [0.25, 0.3) is 33.5 Å². The number of fused-ring (bicyclic) bond motifs is 1. The number of hydrogen-bond donors (Lipinski definition) is 2. The fourth-order valence-electron chi connectivity index (χ4n) is 3.11. The smallest absolute Gasteiger partial charge is 0.247 e. The molecule has 0 fully saturated rings. The highest BCUT2D eigenvalue weighted by Crippen LogP contribution is 2.36. The van der Waals surface area contributed by atoms with E-state index in [9.17, 15) is 9.18 Å². The molecule has 2 heterocycles. The summed E-state index contributed by atoms with van der Waals surface area (Å²) in [4.78, 5) is 23.8. The number of methoxy groups -OCH3 is 1. The first kappa shape index (κ1) is 18.4. The van der Waals surface area contributed by atoms with E-state index in [1.165, 1.54) is 19.3 Å². The molecule has 144 valence electrons. The maximum absolute atomic E-state index is 14.2. The van der Waals surface area contributed by atoms with E-state index in [0.29, 0.717) is 33.7 Å². The molecule has 0 aliphatic heterocycles. The van der Waals surface area contributed by atoms with E-state index in [4.69, 9.17) is 9.72 Å². The second kappa shape index (κ2) is 7.55. The SMILES string of the molecule is C=CC(=O)Nc1cccc(-c2cnc3[nH]cc(-c4cccc(F)c4OC)c3n2)c1. The van der Waals surface area contributed by atoms with Crippen molar-refractivity contribution in [2.45, 2.75) is 0 Å². The maximum Gasteiger partial charge on any atom is 0.247 e. The Labute approximate surface area is 166 Å². The third-order valence-electron chi connectivity index (χ3n) is 4.45. The number of halogens is 1. The summed E-state index contributed by atoms with van der Waals surface area (Å²) in [7, 11) is 1.43. The third-order valence-corrected chi connectivity index (χ3v) is 4.45. The molecule has 6 nitrogen and oxygen atoms in total. The highest BCUT2D eigenvalue weighted by Gasteiger charge is 2.16. The fourth-order valence-corrected chi connectivity index (χ4v) is 3.11. The minimum absolute atomic E-state index is 0.148. The number of ether oxygens (including phenoxy) is 1. The van der Waals surface area contributed by atoms with Crippen molar-refractivity contribution >= 4 is 22.8 Å². The number of carbonyl (C=O) groups is 1. The second-order valence-electron chi connectivity index (χ2n) is 6.25. The lowest BCUT2D eigenvalue weighted by Crippen LogP contribution is -2.07. The molecule has 0 radical (unpaired) electrons. The zero-order valence-electron chi connectivity index (χ0n) is 15.6. The van der Waals surface area contributed by atoms with Crippen molar-refractivity contribution in [3.63, 3.8) is 0 Å². The lowest BCUT2D eigenvalue weighted by Gasteiger charge is -2.09. The summed E-state index contributed by atoms with van der Waals surface area (Å²) in [5.41, 5.74) is 4.44. The molecule has 0 unspecified atom stereocenters. The first-order chi connectivity index (χ1) is 14.1. The molecule has 0 bridgehead atoms. The van der Waals surface area contributed by atoms with Crippen LogP contribution in [0.5, 0.6) is 5.75 Å².